The van der Waals surface area contributed by atoms with E-state index in [9.17, 15) is 0 Å². The SMILES string of the molecule is CN(Cc1cn2cc(Cl)ccc2n1)C1CCNCC1.Cl. The molecule has 1 saturated heterocycles. The van der Waals surface area contributed by atoms with Gasteiger partial charge in [0.2, 0.25) is 0 Å². The summed E-state index contributed by atoms with van der Waals surface area (Å²) in [5, 5.41) is 4.14. The summed E-state index contributed by atoms with van der Waals surface area (Å²) in [6, 6.07) is 4.50. The van der Waals surface area contributed by atoms with E-state index in [0.717, 1.165) is 36.0 Å². The highest BCUT2D eigenvalue weighted by Crippen LogP contribution is 2.15. The van der Waals surface area contributed by atoms with Crippen LogP contribution in [-0.4, -0.2) is 40.5 Å². The molecule has 2 aromatic heterocycles. The van der Waals surface area contributed by atoms with Gasteiger partial charge in [-0.05, 0) is 45.1 Å². The fourth-order valence-electron chi connectivity index (χ4n) is 2.73. The van der Waals surface area contributed by atoms with Crippen LogP contribution in [0.2, 0.25) is 5.02 Å². The second kappa shape index (κ2) is 6.76. The molecule has 4 nitrogen and oxygen atoms in total. The van der Waals surface area contributed by atoms with E-state index in [1.165, 1.54) is 12.8 Å². The van der Waals surface area contributed by atoms with E-state index in [1.807, 2.05) is 22.7 Å². The van der Waals surface area contributed by atoms with Gasteiger partial charge in [-0.3, -0.25) is 4.90 Å². The monoisotopic (exact) mass is 314 g/mol. The third-order valence-electron chi connectivity index (χ3n) is 3.81. The third-order valence-corrected chi connectivity index (χ3v) is 4.03. The molecule has 6 heteroatoms. The molecular weight excluding hydrogens is 295 g/mol. The zero-order chi connectivity index (χ0) is 13.2. The minimum absolute atomic E-state index is 0. The van der Waals surface area contributed by atoms with Crippen molar-refractivity contribution < 1.29 is 0 Å². The molecule has 0 unspecified atom stereocenters. The summed E-state index contributed by atoms with van der Waals surface area (Å²) < 4.78 is 1.99. The first-order valence-electron chi connectivity index (χ1n) is 6.76. The molecule has 1 N–H and O–H groups in total. The highest BCUT2D eigenvalue weighted by atomic mass is 35.5. The summed E-state index contributed by atoms with van der Waals surface area (Å²) in [5.41, 5.74) is 2.06. The smallest absolute Gasteiger partial charge is 0.137 e. The van der Waals surface area contributed by atoms with Crippen molar-refractivity contribution in [2.24, 2.45) is 0 Å². The summed E-state index contributed by atoms with van der Waals surface area (Å²) in [6.07, 6.45) is 6.40. The molecule has 20 heavy (non-hydrogen) atoms. The van der Waals surface area contributed by atoms with E-state index < -0.39 is 0 Å². The molecule has 110 valence electrons. The molecule has 3 heterocycles. The van der Waals surface area contributed by atoms with Gasteiger partial charge >= 0.3 is 0 Å². The highest BCUT2D eigenvalue weighted by Gasteiger charge is 2.18. The first kappa shape index (κ1) is 15.6. The van der Waals surface area contributed by atoms with Crippen LogP contribution in [0.15, 0.2) is 24.5 Å². The topological polar surface area (TPSA) is 32.6 Å². The Kier molecular flexibility index (Phi) is 5.27. The van der Waals surface area contributed by atoms with Crippen molar-refractivity contribution in [3.05, 3.63) is 35.2 Å². The van der Waals surface area contributed by atoms with E-state index in [0.29, 0.717) is 6.04 Å². The molecule has 2 aromatic rings. The van der Waals surface area contributed by atoms with Crippen molar-refractivity contribution in [3.8, 4) is 0 Å². The van der Waals surface area contributed by atoms with Crippen molar-refractivity contribution in [2.45, 2.75) is 25.4 Å². The first-order valence-corrected chi connectivity index (χ1v) is 7.14. The Morgan fingerprint density at radius 3 is 2.85 bits per heavy atom. The summed E-state index contributed by atoms with van der Waals surface area (Å²) in [7, 11) is 2.19. The van der Waals surface area contributed by atoms with Crippen LogP contribution in [-0.2, 0) is 6.54 Å². The lowest BCUT2D eigenvalue weighted by molar-refractivity contribution is 0.190. The van der Waals surface area contributed by atoms with Crippen LogP contribution < -0.4 is 5.32 Å². The minimum atomic E-state index is 0. The van der Waals surface area contributed by atoms with Crippen molar-refractivity contribution in [1.29, 1.82) is 0 Å². The maximum absolute atomic E-state index is 5.99. The molecule has 0 atom stereocenters. The van der Waals surface area contributed by atoms with Gasteiger partial charge < -0.3 is 9.72 Å². The van der Waals surface area contributed by atoms with E-state index >= 15 is 0 Å². The van der Waals surface area contributed by atoms with E-state index in [2.05, 4.69) is 28.4 Å². The molecule has 0 radical (unpaired) electrons. The zero-order valence-corrected chi connectivity index (χ0v) is 13.1. The molecular formula is C14H20Cl2N4. The molecule has 0 amide bonds. The van der Waals surface area contributed by atoms with Gasteiger partial charge in [-0.2, -0.15) is 0 Å². The molecule has 1 aliphatic rings. The third kappa shape index (κ3) is 3.44. The van der Waals surface area contributed by atoms with Gasteiger partial charge in [0, 0.05) is 25.0 Å². The summed E-state index contributed by atoms with van der Waals surface area (Å²) in [6.45, 7) is 3.13. The maximum Gasteiger partial charge on any atom is 0.137 e. The van der Waals surface area contributed by atoms with Crippen molar-refractivity contribution in [2.75, 3.05) is 20.1 Å². The van der Waals surface area contributed by atoms with Gasteiger partial charge in [0.15, 0.2) is 0 Å². The number of aromatic nitrogens is 2. The van der Waals surface area contributed by atoms with Gasteiger partial charge in [-0.25, -0.2) is 4.98 Å². The van der Waals surface area contributed by atoms with Gasteiger partial charge in [-0.15, -0.1) is 12.4 Å². The van der Waals surface area contributed by atoms with Crippen LogP contribution in [0.4, 0.5) is 0 Å². The van der Waals surface area contributed by atoms with Crippen molar-refractivity contribution >= 4 is 29.7 Å². The predicted molar refractivity (Wildman–Crippen MR) is 84.8 cm³/mol. The average Bonchev–Trinajstić information content (AvgIpc) is 2.81. The van der Waals surface area contributed by atoms with Crippen LogP contribution in [0.1, 0.15) is 18.5 Å². The molecule has 0 bridgehead atoms. The van der Waals surface area contributed by atoms with Gasteiger partial charge in [-0.1, -0.05) is 11.6 Å². The number of rotatable bonds is 3. The summed E-state index contributed by atoms with van der Waals surface area (Å²) in [4.78, 5) is 7.04. The van der Waals surface area contributed by atoms with Crippen LogP contribution in [0.3, 0.4) is 0 Å². The molecule has 1 fully saturated rings. The van der Waals surface area contributed by atoms with E-state index in [4.69, 9.17) is 11.6 Å². The van der Waals surface area contributed by atoms with E-state index in [-0.39, 0.29) is 12.4 Å². The predicted octanol–water partition coefficient (Wildman–Crippen LogP) is 2.59. The molecule has 1 aliphatic heterocycles. The lowest BCUT2D eigenvalue weighted by Gasteiger charge is -2.31. The Balaban J connectivity index is 0.00000147. The number of halogens is 2. The molecule has 0 aromatic carbocycles. The summed E-state index contributed by atoms with van der Waals surface area (Å²) in [5.74, 6) is 0. The number of imidazole rings is 1. The Labute approximate surface area is 130 Å². The number of piperidine rings is 1. The number of hydrogen-bond acceptors (Lipinski definition) is 3. The van der Waals surface area contributed by atoms with Gasteiger partial charge in [0.05, 0.1) is 10.7 Å². The van der Waals surface area contributed by atoms with Crippen molar-refractivity contribution in [1.82, 2.24) is 19.6 Å². The number of pyridine rings is 1. The standard InChI is InChI=1S/C14H19ClN4.ClH/c1-18(13-4-6-16-7-5-13)9-12-10-19-8-11(15)2-3-14(19)17-12;/h2-3,8,10,13,16H,4-7,9H2,1H3;1H. The Bertz CT molecular complexity index is 563. The average molecular weight is 315 g/mol. The molecule has 0 aliphatic carbocycles. The van der Waals surface area contributed by atoms with Crippen LogP contribution in [0.5, 0.6) is 0 Å². The lowest BCUT2D eigenvalue weighted by atomic mass is 10.1. The van der Waals surface area contributed by atoms with Crippen LogP contribution in [0.25, 0.3) is 5.65 Å². The summed E-state index contributed by atoms with van der Waals surface area (Å²) >= 11 is 5.99. The Hall–Kier alpha value is -0.810. The minimum Gasteiger partial charge on any atom is -0.317 e. The fourth-order valence-corrected chi connectivity index (χ4v) is 2.89. The number of fused-ring (bicyclic) bond motifs is 1. The molecule has 0 spiro atoms. The second-order valence-electron chi connectivity index (χ2n) is 5.24. The Morgan fingerprint density at radius 1 is 1.35 bits per heavy atom. The fraction of sp³-hybridized carbons (Fsp3) is 0.500. The maximum atomic E-state index is 5.99. The van der Waals surface area contributed by atoms with Crippen molar-refractivity contribution in [3.63, 3.8) is 0 Å². The normalized spacial score (nSPS) is 16.6. The number of hydrogen-bond donors (Lipinski definition) is 1. The molecule has 3 rings (SSSR count). The van der Waals surface area contributed by atoms with Crippen LogP contribution in [0, 0.1) is 0 Å². The zero-order valence-electron chi connectivity index (χ0n) is 11.6. The molecule has 0 saturated carbocycles. The lowest BCUT2D eigenvalue weighted by Crippen LogP contribution is -2.40. The van der Waals surface area contributed by atoms with Gasteiger partial charge in [0.1, 0.15) is 5.65 Å². The quantitative estimate of drug-likeness (QED) is 0.945. The second-order valence-corrected chi connectivity index (χ2v) is 5.68. The number of nitrogens with zero attached hydrogens (tertiary/aromatic N) is 3. The largest absolute Gasteiger partial charge is 0.317 e. The van der Waals surface area contributed by atoms with Gasteiger partial charge in [0.25, 0.3) is 0 Å². The Morgan fingerprint density at radius 2 is 2.10 bits per heavy atom. The van der Waals surface area contributed by atoms with E-state index in [1.54, 1.807) is 0 Å². The van der Waals surface area contributed by atoms with Crippen LogP contribution >= 0.6 is 24.0 Å². The first-order chi connectivity index (χ1) is 9.22. The number of nitrogens with one attached hydrogen (secondary N) is 1. The highest BCUT2D eigenvalue weighted by molar-refractivity contribution is 6.30.